The topological polar surface area (TPSA) is 38.3 Å². The van der Waals surface area contributed by atoms with Crippen molar-refractivity contribution >= 4 is 29.1 Å². The first kappa shape index (κ1) is 16.9. The maximum absolute atomic E-state index is 10.9. The number of nitrogens with one attached hydrogen (secondary N) is 1. The lowest BCUT2D eigenvalue weighted by Gasteiger charge is -2.12. The number of benzene rings is 1. The second-order valence-corrected chi connectivity index (χ2v) is 5.25. The Hall–Kier alpha value is -1.19. The molecule has 0 aliphatic heterocycles. The summed E-state index contributed by atoms with van der Waals surface area (Å²) in [6, 6.07) is 1.84. The Bertz CT molecular complexity index is 501. The summed E-state index contributed by atoms with van der Waals surface area (Å²) in [5.41, 5.74) is 1.78. The molecule has 0 heterocycles. The van der Waals surface area contributed by atoms with Crippen molar-refractivity contribution in [2.24, 2.45) is 0 Å². The Morgan fingerprint density at radius 1 is 1.35 bits per heavy atom. The summed E-state index contributed by atoms with van der Waals surface area (Å²) < 4.78 is 5.66. The van der Waals surface area contributed by atoms with Crippen LogP contribution in [0.5, 0.6) is 5.75 Å². The van der Waals surface area contributed by atoms with Gasteiger partial charge in [-0.1, -0.05) is 29.8 Å². The fourth-order valence-corrected chi connectivity index (χ4v) is 2.10. The summed E-state index contributed by atoms with van der Waals surface area (Å²) in [4.78, 5) is 10.9. The van der Waals surface area contributed by atoms with E-state index < -0.39 is 0 Å². The molecule has 5 heteroatoms. The molecule has 0 aromatic heterocycles. The van der Waals surface area contributed by atoms with E-state index in [1.165, 1.54) is 6.08 Å². The molecule has 1 amide bonds. The predicted molar refractivity (Wildman–Crippen MR) is 83.9 cm³/mol. The van der Waals surface area contributed by atoms with Gasteiger partial charge in [-0.2, -0.15) is 0 Å². The van der Waals surface area contributed by atoms with Gasteiger partial charge < -0.3 is 10.1 Å². The third-order valence-electron chi connectivity index (χ3n) is 2.88. The van der Waals surface area contributed by atoms with Crippen molar-refractivity contribution < 1.29 is 9.53 Å². The molecule has 0 bridgehead atoms. The minimum atomic E-state index is -0.155. The van der Waals surface area contributed by atoms with Crippen LogP contribution in [0.15, 0.2) is 18.7 Å². The molecule has 3 nitrogen and oxygen atoms in total. The van der Waals surface area contributed by atoms with Gasteiger partial charge in [-0.05, 0) is 50.0 Å². The van der Waals surface area contributed by atoms with Crippen LogP contribution in [0.1, 0.15) is 24.0 Å². The third kappa shape index (κ3) is 4.73. The minimum absolute atomic E-state index is 0.155. The van der Waals surface area contributed by atoms with Gasteiger partial charge in [0, 0.05) is 11.6 Å². The van der Waals surface area contributed by atoms with E-state index in [1.54, 1.807) is 0 Å². The highest BCUT2D eigenvalue weighted by molar-refractivity contribution is 6.37. The highest BCUT2D eigenvalue weighted by Gasteiger charge is 2.11. The van der Waals surface area contributed by atoms with Gasteiger partial charge in [-0.15, -0.1) is 0 Å². The van der Waals surface area contributed by atoms with Crippen molar-refractivity contribution in [2.75, 3.05) is 13.2 Å². The molecule has 1 N–H and O–H groups in total. The van der Waals surface area contributed by atoms with Gasteiger partial charge in [0.15, 0.2) is 0 Å². The molecule has 20 heavy (non-hydrogen) atoms. The summed E-state index contributed by atoms with van der Waals surface area (Å²) in [6.45, 7) is 8.33. The van der Waals surface area contributed by atoms with Crippen molar-refractivity contribution in [3.8, 4) is 5.75 Å². The Labute approximate surface area is 129 Å². The van der Waals surface area contributed by atoms with Crippen molar-refractivity contribution in [2.45, 2.75) is 26.7 Å². The van der Waals surface area contributed by atoms with Crippen LogP contribution in [0, 0.1) is 13.8 Å². The molecule has 0 aliphatic carbocycles. The molecule has 0 saturated carbocycles. The Balaban J connectivity index is 2.40. The van der Waals surface area contributed by atoms with Crippen LogP contribution in [-0.4, -0.2) is 19.1 Å². The third-order valence-corrected chi connectivity index (χ3v) is 3.93. The first-order chi connectivity index (χ1) is 9.47. The molecule has 0 spiro atoms. The van der Waals surface area contributed by atoms with E-state index in [1.807, 2.05) is 19.9 Å². The maximum atomic E-state index is 10.9. The average Bonchev–Trinajstić information content (AvgIpc) is 2.45. The average molecular weight is 316 g/mol. The van der Waals surface area contributed by atoms with Crippen LogP contribution in [-0.2, 0) is 4.79 Å². The molecule has 0 aliphatic rings. The minimum Gasteiger partial charge on any atom is -0.492 e. The maximum Gasteiger partial charge on any atom is 0.243 e. The SMILES string of the molecule is C=CC(=O)NCCCCOc1cc(C)c(Cl)c(C)c1Cl. The highest BCUT2D eigenvalue weighted by Crippen LogP contribution is 2.35. The van der Waals surface area contributed by atoms with Crippen LogP contribution in [0.2, 0.25) is 10.0 Å². The molecule has 110 valence electrons. The largest absolute Gasteiger partial charge is 0.492 e. The van der Waals surface area contributed by atoms with Gasteiger partial charge in [0.1, 0.15) is 5.75 Å². The van der Waals surface area contributed by atoms with E-state index in [-0.39, 0.29) is 5.91 Å². The lowest BCUT2D eigenvalue weighted by atomic mass is 10.1. The molecule has 1 aromatic carbocycles. The Kier molecular flexibility index (Phi) is 6.89. The van der Waals surface area contributed by atoms with Crippen molar-refractivity contribution in [1.29, 1.82) is 0 Å². The molecule has 1 rings (SSSR count). The number of ether oxygens (including phenoxy) is 1. The summed E-state index contributed by atoms with van der Waals surface area (Å²) in [6.07, 6.45) is 2.92. The molecule has 0 saturated heterocycles. The van der Waals surface area contributed by atoms with Crippen LogP contribution < -0.4 is 10.1 Å². The number of unbranched alkanes of at least 4 members (excludes halogenated alkanes) is 1. The molecule has 1 aromatic rings. The van der Waals surface area contributed by atoms with Gasteiger partial charge in [0.05, 0.1) is 11.6 Å². The summed E-state index contributed by atoms with van der Waals surface area (Å²) >= 11 is 12.3. The Morgan fingerprint density at radius 2 is 2.05 bits per heavy atom. The summed E-state index contributed by atoms with van der Waals surface area (Å²) in [7, 11) is 0. The number of amides is 1. The molecule has 0 unspecified atom stereocenters. The zero-order valence-electron chi connectivity index (χ0n) is 11.8. The zero-order valence-corrected chi connectivity index (χ0v) is 13.3. The van der Waals surface area contributed by atoms with E-state index in [9.17, 15) is 4.79 Å². The lowest BCUT2D eigenvalue weighted by molar-refractivity contribution is -0.116. The standard InChI is InChI=1S/C15H19Cl2NO2/c1-4-13(19)18-7-5-6-8-20-12-9-10(2)14(16)11(3)15(12)17/h4,9H,1,5-8H2,2-3H3,(H,18,19). The first-order valence-corrected chi connectivity index (χ1v) is 7.21. The number of rotatable bonds is 7. The van der Waals surface area contributed by atoms with Crippen LogP contribution in [0.4, 0.5) is 0 Å². The van der Waals surface area contributed by atoms with Crippen molar-refractivity contribution in [1.82, 2.24) is 5.32 Å². The second-order valence-electron chi connectivity index (χ2n) is 4.50. The van der Waals surface area contributed by atoms with Gasteiger partial charge in [0.25, 0.3) is 0 Å². The van der Waals surface area contributed by atoms with Crippen molar-refractivity contribution in [3.63, 3.8) is 0 Å². The molecule has 0 atom stereocenters. The number of hydrogen-bond acceptors (Lipinski definition) is 2. The second kappa shape index (κ2) is 8.18. The summed E-state index contributed by atoms with van der Waals surface area (Å²) in [5, 5.41) is 3.94. The molecule has 0 fully saturated rings. The fourth-order valence-electron chi connectivity index (χ4n) is 1.70. The normalized spacial score (nSPS) is 10.2. The smallest absolute Gasteiger partial charge is 0.243 e. The number of carbonyl (C=O) groups excluding carboxylic acids is 1. The van der Waals surface area contributed by atoms with E-state index in [4.69, 9.17) is 27.9 Å². The van der Waals surface area contributed by atoms with Crippen molar-refractivity contribution in [3.05, 3.63) is 39.9 Å². The van der Waals surface area contributed by atoms with Crippen LogP contribution in [0.25, 0.3) is 0 Å². The number of hydrogen-bond donors (Lipinski definition) is 1. The summed E-state index contributed by atoms with van der Waals surface area (Å²) in [5.74, 6) is 0.499. The van der Waals surface area contributed by atoms with Gasteiger partial charge in [-0.25, -0.2) is 0 Å². The van der Waals surface area contributed by atoms with Crippen LogP contribution in [0.3, 0.4) is 0 Å². The number of halogens is 2. The lowest BCUT2D eigenvalue weighted by Crippen LogP contribution is -2.22. The predicted octanol–water partition coefficient (Wildman–Crippen LogP) is 4.07. The van der Waals surface area contributed by atoms with E-state index in [0.717, 1.165) is 24.0 Å². The number of aryl methyl sites for hydroxylation is 1. The quantitative estimate of drug-likeness (QED) is 0.608. The van der Waals surface area contributed by atoms with E-state index >= 15 is 0 Å². The van der Waals surface area contributed by atoms with Crippen LogP contribution >= 0.6 is 23.2 Å². The van der Waals surface area contributed by atoms with E-state index in [2.05, 4.69) is 11.9 Å². The van der Waals surface area contributed by atoms with Gasteiger partial charge in [0.2, 0.25) is 5.91 Å². The van der Waals surface area contributed by atoms with E-state index in [0.29, 0.717) is 28.9 Å². The van der Waals surface area contributed by atoms with Gasteiger partial charge >= 0.3 is 0 Å². The molecular weight excluding hydrogens is 297 g/mol. The van der Waals surface area contributed by atoms with Gasteiger partial charge in [-0.3, -0.25) is 4.79 Å². The monoisotopic (exact) mass is 315 g/mol. The number of carbonyl (C=O) groups is 1. The Morgan fingerprint density at radius 3 is 2.70 bits per heavy atom. The first-order valence-electron chi connectivity index (χ1n) is 6.45. The molecular formula is C15H19Cl2NO2. The molecule has 0 radical (unpaired) electrons. The fraction of sp³-hybridized carbons (Fsp3) is 0.400. The zero-order chi connectivity index (χ0) is 15.1. The highest BCUT2D eigenvalue weighted by atomic mass is 35.5.